The van der Waals surface area contributed by atoms with Crippen molar-refractivity contribution in [2.75, 3.05) is 13.7 Å². The third-order valence-electron chi connectivity index (χ3n) is 4.14. The maximum atomic E-state index is 9.96. The fourth-order valence-corrected chi connectivity index (χ4v) is 3.35. The highest BCUT2D eigenvalue weighted by molar-refractivity contribution is 4.87. The number of aliphatic hydroxyl groups excluding tert-OH is 1. The van der Waals surface area contributed by atoms with Crippen molar-refractivity contribution in [1.29, 1.82) is 0 Å². The molecular weight excluding hydrogens is 176 g/mol. The molecule has 82 valence electrons. The van der Waals surface area contributed by atoms with E-state index in [1.807, 2.05) is 0 Å². The Balaban J connectivity index is 1.92. The summed E-state index contributed by atoms with van der Waals surface area (Å²) in [5, 5.41) is 9.96. The van der Waals surface area contributed by atoms with E-state index in [-0.39, 0.29) is 6.10 Å². The molecule has 2 rings (SSSR count). The van der Waals surface area contributed by atoms with Gasteiger partial charge in [-0.25, -0.2) is 0 Å². The van der Waals surface area contributed by atoms with E-state index in [1.54, 1.807) is 7.11 Å². The van der Waals surface area contributed by atoms with Gasteiger partial charge in [0.05, 0.1) is 12.7 Å². The minimum atomic E-state index is -0.103. The molecule has 0 radical (unpaired) electrons. The first kappa shape index (κ1) is 10.4. The van der Waals surface area contributed by atoms with Gasteiger partial charge in [-0.3, -0.25) is 0 Å². The van der Waals surface area contributed by atoms with Gasteiger partial charge in [-0.15, -0.1) is 0 Å². The Morgan fingerprint density at radius 1 is 1.14 bits per heavy atom. The van der Waals surface area contributed by atoms with E-state index in [9.17, 15) is 5.11 Å². The lowest BCUT2D eigenvalue weighted by atomic mass is 9.66. The monoisotopic (exact) mass is 198 g/mol. The van der Waals surface area contributed by atoms with Gasteiger partial charge >= 0.3 is 0 Å². The molecule has 2 aliphatic carbocycles. The summed E-state index contributed by atoms with van der Waals surface area (Å²) in [5.41, 5.74) is 0. The molecule has 2 aliphatic rings. The van der Waals surface area contributed by atoms with Crippen molar-refractivity contribution in [1.82, 2.24) is 0 Å². The highest BCUT2D eigenvalue weighted by Crippen LogP contribution is 2.42. The first-order valence-electron chi connectivity index (χ1n) is 5.98. The predicted molar refractivity (Wildman–Crippen MR) is 56.1 cm³/mol. The smallest absolute Gasteiger partial charge is 0.0593 e. The van der Waals surface area contributed by atoms with E-state index in [0.717, 1.165) is 24.9 Å². The van der Waals surface area contributed by atoms with Crippen LogP contribution in [0.2, 0.25) is 0 Å². The standard InChI is InChI=1S/C12H22O2/c1-14-8-11-6-9-4-2-3-5-10(9)7-12(11)13/h9-13H,2-8H2,1H3. The highest BCUT2D eigenvalue weighted by Gasteiger charge is 2.36. The van der Waals surface area contributed by atoms with Crippen LogP contribution in [0.5, 0.6) is 0 Å². The fraction of sp³-hybridized carbons (Fsp3) is 1.00. The molecule has 0 heterocycles. The molecule has 14 heavy (non-hydrogen) atoms. The van der Waals surface area contributed by atoms with Crippen molar-refractivity contribution in [2.45, 2.75) is 44.6 Å². The van der Waals surface area contributed by atoms with Crippen molar-refractivity contribution >= 4 is 0 Å². The molecule has 0 amide bonds. The van der Waals surface area contributed by atoms with Gasteiger partial charge in [-0.1, -0.05) is 25.7 Å². The molecule has 0 bridgehead atoms. The van der Waals surface area contributed by atoms with E-state index in [2.05, 4.69) is 0 Å². The Kier molecular flexibility index (Phi) is 3.45. The SMILES string of the molecule is COCC1CC2CCCCC2CC1O. The lowest BCUT2D eigenvalue weighted by Gasteiger charge is -2.41. The van der Waals surface area contributed by atoms with Gasteiger partial charge in [0.2, 0.25) is 0 Å². The summed E-state index contributed by atoms with van der Waals surface area (Å²) in [4.78, 5) is 0. The minimum absolute atomic E-state index is 0.103. The van der Waals surface area contributed by atoms with Crippen LogP contribution >= 0.6 is 0 Å². The molecule has 4 unspecified atom stereocenters. The molecule has 2 saturated carbocycles. The van der Waals surface area contributed by atoms with Crippen LogP contribution in [0, 0.1) is 17.8 Å². The first-order chi connectivity index (χ1) is 6.81. The molecule has 0 aromatic heterocycles. The Morgan fingerprint density at radius 2 is 1.79 bits per heavy atom. The van der Waals surface area contributed by atoms with Crippen molar-refractivity contribution in [3.63, 3.8) is 0 Å². The molecule has 4 atom stereocenters. The average Bonchev–Trinajstić information content (AvgIpc) is 2.19. The summed E-state index contributed by atoms with van der Waals surface area (Å²) >= 11 is 0. The van der Waals surface area contributed by atoms with Crippen LogP contribution in [0.15, 0.2) is 0 Å². The zero-order chi connectivity index (χ0) is 9.97. The van der Waals surface area contributed by atoms with Gasteiger partial charge in [0, 0.05) is 13.0 Å². The predicted octanol–water partition coefficient (Wildman–Crippen LogP) is 2.21. The van der Waals surface area contributed by atoms with Crippen molar-refractivity contribution in [2.24, 2.45) is 17.8 Å². The lowest BCUT2D eigenvalue weighted by Crippen LogP contribution is -2.38. The molecule has 0 aromatic rings. The van der Waals surface area contributed by atoms with Crippen molar-refractivity contribution in [3.8, 4) is 0 Å². The Hall–Kier alpha value is -0.0800. The van der Waals surface area contributed by atoms with Gasteiger partial charge < -0.3 is 9.84 Å². The van der Waals surface area contributed by atoms with Crippen molar-refractivity contribution < 1.29 is 9.84 Å². The third-order valence-corrected chi connectivity index (χ3v) is 4.14. The Labute approximate surface area is 86.6 Å². The minimum Gasteiger partial charge on any atom is -0.393 e. The number of aliphatic hydroxyl groups is 1. The second kappa shape index (κ2) is 4.63. The maximum absolute atomic E-state index is 9.96. The van der Waals surface area contributed by atoms with E-state index >= 15 is 0 Å². The van der Waals surface area contributed by atoms with E-state index in [1.165, 1.54) is 32.1 Å². The fourth-order valence-electron chi connectivity index (χ4n) is 3.35. The highest BCUT2D eigenvalue weighted by atomic mass is 16.5. The van der Waals surface area contributed by atoms with Crippen LogP contribution in [0.25, 0.3) is 0 Å². The first-order valence-corrected chi connectivity index (χ1v) is 5.98. The van der Waals surface area contributed by atoms with Gasteiger partial charge in [0.25, 0.3) is 0 Å². The second-order valence-electron chi connectivity index (χ2n) is 5.06. The Bertz CT molecular complexity index is 179. The number of hydrogen-bond acceptors (Lipinski definition) is 2. The summed E-state index contributed by atoms with van der Waals surface area (Å²) in [6.07, 6.45) is 7.63. The molecule has 2 fully saturated rings. The molecule has 0 spiro atoms. The molecule has 0 aromatic carbocycles. The summed E-state index contributed by atoms with van der Waals surface area (Å²) in [6.45, 7) is 0.740. The molecule has 1 N–H and O–H groups in total. The van der Waals surface area contributed by atoms with Gasteiger partial charge in [-0.2, -0.15) is 0 Å². The topological polar surface area (TPSA) is 29.5 Å². The molecule has 0 saturated heterocycles. The molecular formula is C12H22O2. The molecule has 2 heteroatoms. The van der Waals surface area contributed by atoms with Crippen LogP contribution in [0.4, 0.5) is 0 Å². The van der Waals surface area contributed by atoms with E-state index in [0.29, 0.717) is 5.92 Å². The zero-order valence-corrected chi connectivity index (χ0v) is 9.11. The maximum Gasteiger partial charge on any atom is 0.0593 e. The van der Waals surface area contributed by atoms with Crippen LogP contribution in [0.1, 0.15) is 38.5 Å². The van der Waals surface area contributed by atoms with Gasteiger partial charge in [0.15, 0.2) is 0 Å². The number of methoxy groups -OCH3 is 1. The van der Waals surface area contributed by atoms with Crippen molar-refractivity contribution in [3.05, 3.63) is 0 Å². The normalized spacial score (nSPS) is 43.3. The van der Waals surface area contributed by atoms with Crippen LogP contribution in [-0.2, 0) is 4.74 Å². The second-order valence-corrected chi connectivity index (χ2v) is 5.06. The van der Waals surface area contributed by atoms with Crippen LogP contribution in [-0.4, -0.2) is 24.9 Å². The van der Waals surface area contributed by atoms with E-state index in [4.69, 9.17) is 4.74 Å². The molecule has 2 nitrogen and oxygen atoms in total. The van der Waals surface area contributed by atoms with Gasteiger partial charge in [0.1, 0.15) is 0 Å². The number of ether oxygens (including phenoxy) is 1. The van der Waals surface area contributed by atoms with E-state index < -0.39 is 0 Å². The largest absolute Gasteiger partial charge is 0.393 e. The molecule has 0 aliphatic heterocycles. The number of rotatable bonds is 2. The zero-order valence-electron chi connectivity index (χ0n) is 9.11. The Morgan fingerprint density at radius 3 is 2.43 bits per heavy atom. The third kappa shape index (κ3) is 2.12. The summed E-state index contributed by atoms with van der Waals surface area (Å²) in [5.74, 6) is 2.10. The lowest BCUT2D eigenvalue weighted by molar-refractivity contribution is -0.0303. The van der Waals surface area contributed by atoms with Crippen LogP contribution in [0.3, 0.4) is 0 Å². The summed E-state index contributed by atoms with van der Waals surface area (Å²) < 4.78 is 5.17. The van der Waals surface area contributed by atoms with Crippen LogP contribution < -0.4 is 0 Å². The average molecular weight is 198 g/mol. The van der Waals surface area contributed by atoms with Gasteiger partial charge in [-0.05, 0) is 24.7 Å². The number of hydrogen-bond donors (Lipinski definition) is 1. The summed E-state index contributed by atoms with van der Waals surface area (Å²) in [6, 6.07) is 0. The quantitative estimate of drug-likeness (QED) is 0.737. The number of fused-ring (bicyclic) bond motifs is 1. The summed E-state index contributed by atoms with van der Waals surface area (Å²) in [7, 11) is 1.74.